The van der Waals surface area contributed by atoms with Crippen molar-refractivity contribution in [3.63, 3.8) is 0 Å². The molecule has 3 atom stereocenters. The van der Waals surface area contributed by atoms with Crippen molar-refractivity contribution >= 4 is 11.9 Å². The van der Waals surface area contributed by atoms with Gasteiger partial charge in [-0.05, 0) is 51.7 Å². The summed E-state index contributed by atoms with van der Waals surface area (Å²) in [5, 5.41) is 9.70. The lowest BCUT2D eigenvalue weighted by atomic mass is 9.68. The number of allylic oxidation sites excluding steroid dienone is 2. The fourth-order valence-electron chi connectivity index (χ4n) is 4.20. The number of esters is 1. The summed E-state index contributed by atoms with van der Waals surface area (Å²) in [5.41, 5.74) is 7.35. The Morgan fingerprint density at radius 3 is 2.61 bits per heavy atom. The van der Waals surface area contributed by atoms with Crippen LogP contribution in [0.15, 0.2) is 23.8 Å². The van der Waals surface area contributed by atoms with Crippen molar-refractivity contribution in [3.8, 4) is 11.5 Å². The minimum Gasteiger partial charge on any atom is -0.487 e. The molecule has 28 heavy (non-hydrogen) atoms. The van der Waals surface area contributed by atoms with Gasteiger partial charge in [-0.3, -0.25) is 0 Å². The van der Waals surface area contributed by atoms with Gasteiger partial charge in [0.1, 0.15) is 23.0 Å². The maximum Gasteiger partial charge on any atom is 0.339 e. The van der Waals surface area contributed by atoms with Gasteiger partial charge in [-0.25, -0.2) is 9.59 Å². The number of aromatic carboxylic acids is 1. The standard InChI is InChI=1S/C22H29NO5/c1-11(2)18(23)21(26)27-19-13(20(24)25)7-9-16-17(19)14-10-12(3)6-8-15(14)22(4,5)28-16/h7,9-11,14-15,18H,6,8,23H2,1-5H3,(H,24,25). The molecule has 1 aliphatic carbocycles. The van der Waals surface area contributed by atoms with Crippen LogP contribution < -0.4 is 15.2 Å². The minimum absolute atomic E-state index is 0.0539. The van der Waals surface area contributed by atoms with Gasteiger partial charge >= 0.3 is 11.9 Å². The van der Waals surface area contributed by atoms with E-state index in [9.17, 15) is 14.7 Å². The highest BCUT2D eigenvalue weighted by atomic mass is 16.5. The van der Waals surface area contributed by atoms with Crippen LogP contribution in [0.1, 0.15) is 69.3 Å². The van der Waals surface area contributed by atoms with Crippen molar-refractivity contribution in [3.05, 3.63) is 34.9 Å². The van der Waals surface area contributed by atoms with E-state index in [1.54, 1.807) is 6.07 Å². The molecule has 6 nitrogen and oxygen atoms in total. The van der Waals surface area contributed by atoms with Gasteiger partial charge in [0.2, 0.25) is 0 Å². The van der Waals surface area contributed by atoms with Crippen LogP contribution in [-0.4, -0.2) is 28.7 Å². The predicted octanol–water partition coefficient (Wildman–Crippen LogP) is 3.88. The predicted molar refractivity (Wildman–Crippen MR) is 106 cm³/mol. The van der Waals surface area contributed by atoms with E-state index in [0.717, 1.165) is 12.8 Å². The van der Waals surface area contributed by atoms with Crippen LogP contribution in [0.4, 0.5) is 0 Å². The number of nitrogens with two attached hydrogens (primary N) is 1. The van der Waals surface area contributed by atoms with Crippen molar-refractivity contribution in [1.82, 2.24) is 0 Å². The van der Waals surface area contributed by atoms with Crippen molar-refractivity contribution in [2.24, 2.45) is 17.6 Å². The molecule has 6 heteroatoms. The molecule has 3 N–H and O–H groups in total. The van der Waals surface area contributed by atoms with Gasteiger partial charge in [0.05, 0.1) is 0 Å². The van der Waals surface area contributed by atoms with E-state index in [-0.39, 0.29) is 29.1 Å². The molecule has 3 unspecified atom stereocenters. The highest BCUT2D eigenvalue weighted by Gasteiger charge is 2.46. The molecule has 2 aliphatic rings. The molecule has 0 bridgehead atoms. The molecule has 0 spiro atoms. The van der Waals surface area contributed by atoms with E-state index in [1.165, 1.54) is 11.6 Å². The number of carbonyl (C=O) groups is 2. The first-order chi connectivity index (χ1) is 13.0. The van der Waals surface area contributed by atoms with Crippen molar-refractivity contribution in [2.75, 3.05) is 0 Å². The summed E-state index contributed by atoms with van der Waals surface area (Å²) < 4.78 is 11.9. The fourth-order valence-corrected chi connectivity index (χ4v) is 4.20. The van der Waals surface area contributed by atoms with Crippen LogP contribution in [-0.2, 0) is 4.79 Å². The maximum absolute atomic E-state index is 12.6. The number of carboxylic acid groups (broad SMARTS) is 1. The third-order valence-corrected chi connectivity index (χ3v) is 5.93. The highest BCUT2D eigenvalue weighted by Crippen LogP contribution is 2.54. The Bertz CT molecular complexity index is 840. The number of hydrogen-bond donors (Lipinski definition) is 2. The third-order valence-electron chi connectivity index (χ3n) is 5.93. The molecule has 0 fully saturated rings. The van der Waals surface area contributed by atoms with Gasteiger partial charge < -0.3 is 20.3 Å². The molecule has 1 aromatic carbocycles. The topological polar surface area (TPSA) is 98.9 Å². The number of carboxylic acids is 1. The van der Waals surface area contributed by atoms with E-state index in [2.05, 4.69) is 13.0 Å². The van der Waals surface area contributed by atoms with Crippen molar-refractivity contribution in [2.45, 2.75) is 65.0 Å². The molecule has 1 heterocycles. The van der Waals surface area contributed by atoms with Crippen LogP contribution in [0.3, 0.4) is 0 Å². The zero-order valence-corrected chi connectivity index (χ0v) is 17.1. The molecule has 152 valence electrons. The lowest BCUT2D eigenvalue weighted by molar-refractivity contribution is -0.137. The van der Waals surface area contributed by atoms with Gasteiger partial charge in [0, 0.05) is 17.4 Å². The Labute approximate surface area is 165 Å². The zero-order chi connectivity index (χ0) is 20.8. The van der Waals surface area contributed by atoms with Gasteiger partial charge in [0.15, 0.2) is 5.75 Å². The molecule has 0 saturated heterocycles. The highest BCUT2D eigenvalue weighted by molar-refractivity contribution is 5.94. The third kappa shape index (κ3) is 3.53. The number of hydrogen-bond acceptors (Lipinski definition) is 5. The van der Waals surface area contributed by atoms with E-state index in [1.807, 2.05) is 27.7 Å². The molecular weight excluding hydrogens is 358 g/mol. The van der Waals surface area contributed by atoms with Gasteiger partial charge in [-0.1, -0.05) is 25.5 Å². The molecule has 1 aliphatic heterocycles. The molecule has 1 aromatic rings. The first kappa shape index (κ1) is 20.4. The Morgan fingerprint density at radius 1 is 1.32 bits per heavy atom. The lowest BCUT2D eigenvalue weighted by Gasteiger charge is -2.46. The first-order valence-electron chi connectivity index (χ1n) is 9.76. The van der Waals surface area contributed by atoms with E-state index < -0.39 is 23.6 Å². The van der Waals surface area contributed by atoms with Gasteiger partial charge in [-0.2, -0.15) is 0 Å². The summed E-state index contributed by atoms with van der Waals surface area (Å²) in [6.07, 6.45) is 4.05. The van der Waals surface area contributed by atoms with E-state index in [4.69, 9.17) is 15.2 Å². The van der Waals surface area contributed by atoms with Crippen LogP contribution in [0.2, 0.25) is 0 Å². The Hall–Kier alpha value is -2.34. The first-order valence-corrected chi connectivity index (χ1v) is 9.76. The summed E-state index contributed by atoms with van der Waals surface area (Å²) in [6.45, 7) is 9.81. The molecule has 0 aromatic heterocycles. The smallest absolute Gasteiger partial charge is 0.339 e. The average molecular weight is 387 g/mol. The molecule has 0 radical (unpaired) electrons. The number of carbonyl (C=O) groups excluding carboxylic acids is 1. The summed E-state index contributed by atoms with van der Waals surface area (Å²) in [6, 6.07) is 2.26. The molecule has 3 rings (SSSR count). The quantitative estimate of drug-likeness (QED) is 0.462. The summed E-state index contributed by atoms with van der Waals surface area (Å²) in [4.78, 5) is 24.4. The monoisotopic (exact) mass is 387 g/mol. The Morgan fingerprint density at radius 2 is 2.00 bits per heavy atom. The largest absolute Gasteiger partial charge is 0.487 e. The van der Waals surface area contributed by atoms with Crippen LogP contribution in [0.5, 0.6) is 11.5 Å². The maximum atomic E-state index is 12.6. The Balaban J connectivity index is 2.18. The zero-order valence-electron chi connectivity index (χ0n) is 17.1. The second-order valence-electron chi connectivity index (χ2n) is 8.74. The number of benzene rings is 1. The number of ether oxygens (including phenoxy) is 2. The summed E-state index contributed by atoms with van der Waals surface area (Å²) in [7, 11) is 0. The average Bonchev–Trinajstić information content (AvgIpc) is 2.59. The van der Waals surface area contributed by atoms with E-state index >= 15 is 0 Å². The van der Waals surface area contributed by atoms with Crippen LogP contribution in [0, 0.1) is 11.8 Å². The minimum atomic E-state index is -1.15. The van der Waals surface area contributed by atoms with Gasteiger partial charge in [-0.15, -0.1) is 0 Å². The molecular formula is C22H29NO5. The lowest BCUT2D eigenvalue weighted by Crippen LogP contribution is -2.45. The van der Waals surface area contributed by atoms with Crippen molar-refractivity contribution in [1.29, 1.82) is 0 Å². The normalized spacial score (nSPS) is 23.8. The van der Waals surface area contributed by atoms with Gasteiger partial charge in [0.25, 0.3) is 0 Å². The SMILES string of the molecule is CC1=CC2c3c(ccc(C(=O)O)c3OC(=O)C(N)C(C)C)OC(C)(C)C2CC1. The summed E-state index contributed by atoms with van der Waals surface area (Å²) >= 11 is 0. The summed E-state index contributed by atoms with van der Waals surface area (Å²) in [5.74, 6) is -1.22. The molecule has 0 saturated carbocycles. The van der Waals surface area contributed by atoms with Crippen molar-refractivity contribution < 1.29 is 24.2 Å². The number of fused-ring (bicyclic) bond motifs is 3. The molecule has 0 amide bonds. The fraction of sp³-hybridized carbons (Fsp3) is 0.545. The Kier molecular flexibility index (Phi) is 5.28. The van der Waals surface area contributed by atoms with E-state index in [0.29, 0.717) is 11.3 Å². The van der Waals surface area contributed by atoms with Crippen LogP contribution >= 0.6 is 0 Å². The second kappa shape index (κ2) is 7.24. The second-order valence-corrected chi connectivity index (χ2v) is 8.74. The van der Waals surface area contributed by atoms with Crippen LogP contribution in [0.25, 0.3) is 0 Å². The number of rotatable bonds is 4.